The Morgan fingerprint density at radius 3 is 2.92 bits per heavy atom. The lowest BCUT2D eigenvalue weighted by Crippen LogP contribution is -2.10. The molecular weight excluding hydrogens is 238 g/mol. The maximum atomic E-state index is 9.60. The van der Waals surface area contributed by atoms with Gasteiger partial charge in [-0.1, -0.05) is 6.42 Å². The monoisotopic (exact) mass is 247 g/mol. The molecule has 12 heavy (non-hydrogen) atoms. The smallest absolute Gasteiger partial charge is 0.117 e. The van der Waals surface area contributed by atoms with Gasteiger partial charge in [0.25, 0.3) is 0 Å². The number of hydrogen-bond acceptors (Lipinski definition) is 3. The van der Waals surface area contributed by atoms with E-state index in [1.165, 1.54) is 0 Å². The number of hydrogen-bond donors (Lipinski definition) is 1. The van der Waals surface area contributed by atoms with Crippen LogP contribution in [0.5, 0.6) is 0 Å². The second kappa shape index (κ2) is 3.44. The highest BCUT2D eigenvalue weighted by Gasteiger charge is 2.28. The molecule has 2 rings (SSSR count). The van der Waals surface area contributed by atoms with E-state index in [4.69, 9.17) is 0 Å². The van der Waals surface area contributed by atoms with Gasteiger partial charge in [-0.15, -0.1) is 11.3 Å². The summed E-state index contributed by atoms with van der Waals surface area (Å²) < 4.78 is 0.890. The Morgan fingerprint density at radius 2 is 2.42 bits per heavy atom. The Balaban J connectivity index is 2.19. The molecule has 1 aromatic heterocycles. The van der Waals surface area contributed by atoms with Crippen molar-refractivity contribution in [2.24, 2.45) is 0 Å². The Bertz CT molecular complexity index is 276. The summed E-state index contributed by atoms with van der Waals surface area (Å²) in [5, 5.41) is 12.7. The van der Waals surface area contributed by atoms with Gasteiger partial charge in [0.2, 0.25) is 0 Å². The summed E-state index contributed by atoms with van der Waals surface area (Å²) in [6, 6.07) is 0. The summed E-state index contributed by atoms with van der Waals surface area (Å²) in [5.74, 6) is 0.293. The van der Waals surface area contributed by atoms with Gasteiger partial charge >= 0.3 is 0 Å². The van der Waals surface area contributed by atoms with Crippen molar-refractivity contribution in [1.82, 2.24) is 4.98 Å². The van der Waals surface area contributed by atoms with Crippen molar-refractivity contribution in [3.8, 4) is 0 Å². The second-order valence-electron chi connectivity index (χ2n) is 3.11. The third kappa shape index (κ3) is 1.56. The van der Waals surface area contributed by atoms with E-state index in [-0.39, 0.29) is 6.10 Å². The first-order chi connectivity index (χ1) is 5.77. The summed E-state index contributed by atoms with van der Waals surface area (Å²) in [5.41, 5.74) is 0. The van der Waals surface area contributed by atoms with E-state index in [1.807, 2.05) is 5.38 Å². The van der Waals surface area contributed by atoms with Crippen molar-refractivity contribution < 1.29 is 5.11 Å². The standard InChI is InChI=1S/C8H10BrNOS/c9-7-4-12-8(10-7)5-2-1-3-6(5)11/h4-6,11H,1-3H2. The Kier molecular flexibility index (Phi) is 2.48. The number of halogens is 1. The number of aromatic nitrogens is 1. The predicted molar refractivity (Wildman–Crippen MR) is 52.4 cm³/mol. The highest BCUT2D eigenvalue weighted by atomic mass is 79.9. The van der Waals surface area contributed by atoms with E-state index in [2.05, 4.69) is 20.9 Å². The third-order valence-corrected chi connectivity index (χ3v) is 3.98. The molecule has 66 valence electrons. The van der Waals surface area contributed by atoms with Crippen molar-refractivity contribution in [3.63, 3.8) is 0 Å². The topological polar surface area (TPSA) is 33.1 Å². The molecule has 0 saturated heterocycles. The molecule has 0 aliphatic heterocycles. The van der Waals surface area contributed by atoms with Gasteiger partial charge < -0.3 is 5.11 Å². The van der Waals surface area contributed by atoms with E-state index >= 15 is 0 Å². The number of nitrogens with zero attached hydrogens (tertiary/aromatic N) is 1. The Labute approximate surface area is 83.8 Å². The van der Waals surface area contributed by atoms with Crippen LogP contribution in [-0.4, -0.2) is 16.2 Å². The van der Waals surface area contributed by atoms with Crippen LogP contribution in [0.2, 0.25) is 0 Å². The number of thiazole rings is 1. The lowest BCUT2D eigenvalue weighted by atomic mass is 10.1. The van der Waals surface area contributed by atoms with Crippen molar-refractivity contribution >= 4 is 27.3 Å². The van der Waals surface area contributed by atoms with Crippen LogP contribution in [-0.2, 0) is 0 Å². The molecular formula is C8H10BrNOS. The van der Waals surface area contributed by atoms with Crippen molar-refractivity contribution in [2.75, 3.05) is 0 Å². The fourth-order valence-corrected chi connectivity index (χ4v) is 3.13. The van der Waals surface area contributed by atoms with Crippen molar-refractivity contribution in [3.05, 3.63) is 15.0 Å². The van der Waals surface area contributed by atoms with Crippen LogP contribution in [0, 0.1) is 0 Å². The highest BCUT2D eigenvalue weighted by Crippen LogP contribution is 2.36. The van der Waals surface area contributed by atoms with Gasteiger partial charge in [-0.05, 0) is 28.8 Å². The minimum Gasteiger partial charge on any atom is -0.392 e. The van der Waals surface area contributed by atoms with Crippen LogP contribution in [0.15, 0.2) is 9.98 Å². The van der Waals surface area contributed by atoms with Crippen LogP contribution in [0.3, 0.4) is 0 Å². The zero-order chi connectivity index (χ0) is 8.55. The van der Waals surface area contributed by atoms with Crippen LogP contribution < -0.4 is 0 Å². The zero-order valence-corrected chi connectivity index (χ0v) is 8.94. The van der Waals surface area contributed by atoms with Gasteiger partial charge in [0.05, 0.1) is 11.1 Å². The molecule has 4 heteroatoms. The number of aliphatic hydroxyl groups is 1. The maximum Gasteiger partial charge on any atom is 0.117 e. The third-order valence-electron chi connectivity index (χ3n) is 2.29. The van der Waals surface area contributed by atoms with Gasteiger partial charge in [0.15, 0.2) is 0 Å². The molecule has 0 spiro atoms. The lowest BCUT2D eigenvalue weighted by molar-refractivity contribution is 0.163. The molecule has 1 fully saturated rings. The minimum atomic E-state index is -0.164. The van der Waals surface area contributed by atoms with Gasteiger partial charge in [-0.3, -0.25) is 0 Å². The van der Waals surface area contributed by atoms with Crippen LogP contribution in [0.4, 0.5) is 0 Å². The van der Waals surface area contributed by atoms with Crippen molar-refractivity contribution in [1.29, 1.82) is 0 Å². The van der Waals surface area contributed by atoms with Gasteiger partial charge in [-0.2, -0.15) is 0 Å². The normalized spacial score (nSPS) is 29.5. The Hall–Kier alpha value is 0.0700. The fraction of sp³-hybridized carbons (Fsp3) is 0.625. The molecule has 0 bridgehead atoms. The van der Waals surface area contributed by atoms with Crippen molar-refractivity contribution in [2.45, 2.75) is 31.3 Å². The number of rotatable bonds is 1. The molecule has 1 aliphatic carbocycles. The van der Waals surface area contributed by atoms with E-state index < -0.39 is 0 Å². The first-order valence-electron chi connectivity index (χ1n) is 4.06. The molecule has 0 radical (unpaired) electrons. The van der Waals surface area contributed by atoms with Gasteiger partial charge in [0.1, 0.15) is 4.60 Å². The summed E-state index contributed by atoms with van der Waals surface area (Å²) in [6.45, 7) is 0. The lowest BCUT2D eigenvalue weighted by Gasteiger charge is -2.09. The second-order valence-corrected chi connectivity index (χ2v) is 4.82. The molecule has 0 amide bonds. The summed E-state index contributed by atoms with van der Waals surface area (Å²) in [7, 11) is 0. The fourth-order valence-electron chi connectivity index (χ4n) is 1.67. The first kappa shape index (κ1) is 8.66. The zero-order valence-electron chi connectivity index (χ0n) is 6.53. The van der Waals surface area contributed by atoms with E-state index in [9.17, 15) is 5.11 Å². The summed E-state index contributed by atoms with van der Waals surface area (Å²) in [4.78, 5) is 4.32. The molecule has 1 heterocycles. The molecule has 1 aromatic rings. The van der Waals surface area contributed by atoms with Gasteiger partial charge in [-0.25, -0.2) is 4.98 Å². The van der Waals surface area contributed by atoms with Crippen LogP contribution in [0.1, 0.15) is 30.2 Å². The van der Waals surface area contributed by atoms with Crippen LogP contribution >= 0.6 is 27.3 Å². The molecule has 2 atom stereocenters. The summed E-state index contributed by atoms with van der Waals surface area (Å²) >= 11 is 4.95. The average molecular weight is 248 g/mol. The Morgan fingerprint density at radius 1 is 1.58 bits per heavy atom. The molecule has 1 aliphatic rings. The first-order valence-corrected chi connectivity index (χ1v) is 5.73. The van der Waals surface area contributed by atoms with E-state index in [1.54, 1.807) is 11.3 Å². The SMILES string of the molecule is OC1CCCC1c1nc(Br)cs1. The van der Waals surface area contributed by atoms with Crippen LogP contribution in [0.25, 0.3) is 0 Å². The minimum absolute atomic E-state index is 0.164. The molecule has 2 unspecified atom stereocenters. The summed E-state index contributed by atoms with van der Waals surface area (Å²) in [6.07, 6.45) is 2.98. The largest absolute Gasteiger partial charge is 0.392 e. The number of aliphatic hydroxyl groups excluding tert-OH is 1. The quantitative estimate of drug-likeness (QED) is 0.828. The predicted octanol–water partition coefficient (Wildman–Crippen LogP) is 2.53. The maximum absolute atomic E-state index is 9.60. The van der Waals surface area contributed by atoms with E-state index in [0.717, 1.165) is 28.9 Å². The highest BCUT2D eigenvalue weighted by molar-refractivity contribution is 9.10. The molecule has 2 nitrogen and oxygen atoms in total. The van der Waals surface area contributed by atoms with E-state index in [0.29, 0.717) is 5.92 Å². The average Bonchev–Trinajstić information content (AvgIpc) is 2.58. The molecule has 1 saturated carbocycles. The van der Waals surface area contributed by atoms with Gasteiger partial charge in [0, 0.05) is 11.3 Å². The molecule has 0 aromatic carbocycles. The molecule has 1 N–H and O–H groups in total.